The highest BCUT2D eigenvalue weighted by molar-refractivity contribution is 7.71. The van der Waals surface area contributed by atoms with Crippen molar-refractivity contribution in [3.63, 3.8) is 0 Å². The fourth-order valence-corrected chi connectivity index (χ4v) is 2.62. The van der Waals surface area contributed by atoms with Gasteiger partial charge in [0.1, 0.15) is 11.4 Å². The van der Waals surface area contributed by atoms with Crippen LogP contribution in [0.1, 0.15) is 39.4 Å². The Labute approximate surface area is 130 Å². The number of carbonyl (C=O) groups excluding carboxylic acids is 1. The van der Waals surface area contributed by atoms with E-state index in [-0.39, 0.29) is 6.09 Å². The molecule has 1 fully saturated rings. The van der Waals surface area contributed by atoms with Crippen molar-refractivity contribution in [2.75, 3.05) is 13.1 Å². The number of rotatable bonds is 2. The Balaban J connectivity index is 1.85. The van der Waals surface area contributed by atoms with Crippen LogP contribution in [0.2, 0.25) is 0 Å². The highest BCUT2D eigenvalue weighted by Crippen LogP contribution is 2.22. The van der Waals surface area contributed by atoms with Crippen molar-refractivity contribution in [3.8, 4) is 0 Å². The lowest BCUT2D eigenvalue weighted by Gasteiger charge is -2.33. The van der Waals surface area contributed by atoms with Crippen molar-refractivity contribution < 1.29 is 9.53 Å². The van der Waals surface area contributed by atoms with Crippen molar-refractivity contribution >= 4 is 18.3 Å². The van der Waals surface area contributed by atoms with Crippen LogP contribution in [-0.2, 0) is 18.2 Å². The quantitative estimate of drug-likeness (QED) is 0.853. The van der Waals surface area contributed by atoms with Crippen molar-refractivity contribution in [2.24, 2.45) is 13.0 Å². The molecule has 1 amide bonds. The van der Waals surface area contributed by atoms with E-state index in [9.17, 15) is 4.79 Å². The lowest BCUT2D eigenvalue weighted by Crippen LogP contribution is -2.42. The zero-order chi connectivity index (χ0) is 15.6. The van der Waals surface area contributed by atoms with Gasteiger partial charge in [-0.15, -0.1) is 0 Å². The summed E-state index contributed by atoms with van der Waals surface area (Å²) in [5.74, 6) is 1.52. The van der Waals surface area contributed by atoms with Gasteiger partial charge in [-0.05, 0) is 51.7 Å². The molecule has 0 radical (unpaired) electrons. The van der Waals surface area contributed by atoms with Crippen molar-refractivity contribution in [3.05, 3.63) is 10.6 Å². The largest absolute Gasteiger partial charge is 0.444 e. The summed E-state index contributed by atoms with van der Waals surface area (Å²) in [6.07, 6.45) is 2.63. The minimum atomic E-state index is -0.434. The summed E-state index contributed by atoms with van der Waals surface area (Å²) < 4.78 is 7.97. The van der Waals surface area contributed by atoms with E-state index in [2.05, 4.69) is 10.2 Å². The molecule has 2 rings (SSSR count). The molecule has 1 N–H and O–H groups in total. The summed E-state index contributed by atoms with van der Waals surface area (Å²) in [5.41, 5.74) is -0.434. The molecule has 0 bridgehead atoms. The summed E-state index contributed by atoms with van der Waals surface area (Å²) in [4.78, 5) is 13.8. The SMILES string of the molecule is Cn1c(CC2CCN(C(=O)OC(C)(C)C)CC2)n[nH]c1=S. The van der Waals surface area contributed by atoms with Gasteiger partial charge in [-0.3, -0.25) is 5.10 Å². The Morgan fingerprint density at radius 1 is 1.43 bits per heavy atom. The Kier molecular flexibility index (Phi) is 4.70. The molecule has 118 valence electrons. The fourth-order valence-electron chi connectivity index (χ4n) is 2.47. The van der Waals surface area contributed by atoms with Gasteiger partial charge in [0.15, 0.2) is 4.77 Å². The van der Waals surface area contributed by atoms with Crippen LogP contribution >= 0.6 is 12.2 Å². The molecule has 0 aliphatic carbocycles. The van der Waals surface area contributed by atoms with Crippen molar-refractivity contribution in [1.82, 2.24) is 19.7 Å². The maximum absolute atomic E-state index is 12.0. The number of nitrogens with zero attached hydrogens (tertiary/aromatic N) is 3. The number of ether oxygens (including phenoxy) is 1. The number of H-pyrrole nitrogens is 1. The predicted octanol–water partition coefficient (Wildman–Crippen LogP) is 2.67. The minimum absolute atomic E-state index is 0.209. The number of amides is 1. The number of hydrogen-bond acceptors (Lipinski definition) is 4. The second-order valence-electron chi connectivity index (χ2n) is 6.62. The van der Waals surface area contributed by atoms with E-state index in [1.807, 2.05) is 32.4 Å². The molecule has 1 aromatic heterocycles. The molecule has 7 heteroatoms. The maximum atomic E-state index is 12.0. The Bertz CT molecular complexity index is 550. The molecule has 1 saturated heterocycles. The maximum Gasteiger partial charge on any atom is 0.410 e. The average Bonchev–Trinajstić information content (AvgIpc) is 2.69. The van der Waals surface area contributed by atoms with Gasteiger partial charge in [-0.25, -0.2) is 4.79 Å². The third-order valence-electron chi connectivity index (χ3n) is 3.71. The fraction of sp³-hybridized carbons (Fsp3) is 0.786. The number of aromatic amines is 1. The molecule has 1 aliphatic heterocycles. The third-order valence-corrected chi connectivity index (χ3v) is 4.08. The highest BCUT2D eigenvalue weighted by Gasteiger charge is 2.27. The van der Waals surface area contributed by atoms with Gasteiger partial charge in [-0.2, -0.15) is 5.10 Å². The number of aromatic nitrogens is 3. The number of piperidine rings is 1. The van der Waals surface area contributed by atoms with Crippen LogP contribution in [0.4, 0.5) is 4.79 Å². The second kappa shape index (κ2) is 6.17. The first-order valence-electron chi connectivity index (χ1n) is 7.34. The van der Waals surface area contributed by atoms with E-state index in [0.717, 1.165) is 38.2 Å². The lowest BCUT2D eigenvalue weighted by atomic mass is 9.93. The summed E-state index contributed by atoms with van der Waals surface area (Å²) >= 11 is 5.12. The first kappa shape index (κ1) is 16.0. The average molecular weight is 312 g/mol. The summed E-state index contributed by atoms with van der Waals surface area (Å²) in [5, 5.41) is 7.06. The molecule has 2 heterocycles. The predicted molar refractivity (Wildman–Crippen MR) is 82.6 cm³/mol. The minimum Gasteiger partial charge on any atom is -0.444 e. The van der Waals surface area contributed by atoms with Gasteiger partial charge in [0.25, 0.3) is 0 Å². The normalized spacial score (nSPS) is 17.0. The Hall–Kier alpha value is -1.37. The van der Waals surface area contributed by atoms with Crippen LogP contribution in [0.15, 0.2) is 0 Å². The molecule has 0 saturated carbocycles. The molecular weight excluding hydrogens is 288 g/mol. The van der Waals surface area contributed by atoms with Crippen molar-refractivity contribution in [2.45, 2.75) is 45.6 Å². The third kappa shape index (κ3) is 4.30. The van der Waals surface area contributed by atoms with Crippen LogP contribution in [0, 0.1) is 10.7 Å². The van der Waals surface area contributed by atoms with Crippen LogP contribution in [0.3, 0.4) is 0 Å². The highest BCUT2D eigenvalue weighted by atomic mass is 32.1. The van der Waals surface area contributed by atoms with Crippen LogP contribution in [-0.4, -0.2) is 44.4 Å². The molecule has 1 aliphatic rings. The van der Waals surface area contributed by atoms with Gasteiger partial charge in [0.2, 0.25) is 0 Å². The van der Waals surface area contributed by atoms with Gasteiger partial charge in [0, 0.05) is 26.6 Å². The van der Waals surface area contributed by atoms with Gasteiger partial charge in [0.05, 0.1) is 0 Å². The molecule has 0 spiro atoms. The molecule has 0 unspecified atom stereocenters. The first-order chi connectivity index (χ1) is 9.76. The van der Waals surface area contributed by atoms with Gasteiger partial charge >= 0.3 is 6.09 Å². The standard InChI is InChI=1S/C14H24N4O2S/c1-14(2,3)20-13(19)18-7-5-10(6-8-18)9-11-15-16-12(21)17(11)4/h10H,5-9H2,1-4H3,(H,16,21). The molecular formula is C14H24N4O2S. The smallest absolute Gasteiger partial charge is 0.410 e. The van der Waals surface area contributed by atoms with Crippen LogP contribution in [0.5, 0.6) is 0 Å². The first-order valence-corrected chi connectivity index (χ1v) is 7.75. The molecule has 1 aromatic rings. The summed E-state index contributed by atoms with van der Waals surface area (Å²) in [6.45, 7) is 7.16. The molecule has 6 nitrogen and oxygen atoms in total. The van der Waals surface area contributed by atoms with Gasteiger partial charge in [-0.1, -0.05) is 0 Å². The summed E-state index contributed by atoms with van der Waals surface area (Å²) in [6, 6.07) is 0. The molecule has 0 atom stereocenters. The van der Waals surface area contributed by atoms with E-state index in [1.165, 1.54) is 0 Å². The van der Waals surface area contributed by atoms with E-state index in [1.54, 1.807) is 4.90 Å². The Morgan fingerprint density at radius 2 is 2.05 bits per heavy atom. The van der Waals surface area contributed by atoms with E-state index < -0.39 is 5.60 Å². The summed E-state index contributed by atoms with van der Waals surface area (Å²) in [7, 11) is 1.93. The number of nitrogens with one attached hydrogen (secondary N) is 1. The topological polar surface area (TPSA) is 63.1 Å². The zero-order valence-corrected chi connectivity index (χ0v) is 14.0. The van der Waals surface area contributed by atoms with E-state index in [0.29, 0.717) is 10.7 Å². The van der Waals surface area contributed by atoms with Crippen LogP contribution in [0.25, 0.3) is 0 Å². The molecule has 0 aromatic carbocycles. The van der Waals surface area contributed by atoms with E-state index in [4.69, 9.17) is 17.0 Å². The van der Waals surface area contributed by atoms with Gasteiger partial charge < -0.3 is 14.2 Å². The van der Waals surface area contributed by atoms with E-state index >= 15 is 0 Å². The Morgan fingerprint density at radius 3 is 2.52 bits per heavy atom. The monoisotopic (exact) mass is 312 g/mol. The number of carbonyl (C=O) groups is 1. The number of likely N-dealkylation sites (tertiary alicyclic amines) is 1. The van der Waals surface area contributed by atoms with Crippen molar-refractivity contribution in [1.29, 1.82) is 0 Å². The molecule has 21 heavy (non-hydrogen) atoms. The van der Waals surface area contributed by atoms with Crippen LogP contribution < -0.4 is 0 Å². The number of hydrogen-bond donors (Lipinski definition) is 1. The zero-order valence-electron chi connectivity index (χ0n) is 13.2. The lowest BCUT2D eigenvalue weighted by molar-refractivity contribution is 0.0183. The second-order valence-corrected chi connectivity index (χ2v) is 7.01.